The van der Waals surface area contributed by atoms with Gasteiger partial charge in [0.15, 0.2) is 0 Å². The molecule has 1 fully saturated rings. The predicted molar refractivity (Wildman–Crippen MR) is 63.0 cm³/mol. The summed E-state index contributed by atoms with van der Waals surface area (Å²) in [6, 6.07) is 3.64. The van der Waals surface area contributed by atoms with E-state index in [9.17, 15) is 22.4 Å². The molecule has 19 heavy (non-hydrogen) atoms. The number of hydrogen-bond donors (Lipinski definition) is 1. The number of nitrogens with zero attached hydrogens (tertiary/aromatic N) is 1. The summed E-state index contributed by atoms with van der Waals surface area (Å²) in [4.78, 5) is 21.8. The van der Waals surface area contributed by atoms with Crippen LogP contribution in [0.5, 0.6) is 0 Å². The number of piperazine rings is 1. The van der Waals surface area contributed by atoms with Crippen LogP contribution in [0.1, 0.15) is 5.56 Å². The van der Waals surface area contributed by atoms with Crippen molar-refractivity contribution in [3.63, 3.8) is 0 Å². The van der Waals surface area contributed by atoms with Crippen molar-refractivity contribution < 1.29 is 22.4 Å². The van der Waals surface area contributed by atoms with E-state index in [1.54, 1.807) is 6.92 Å². The Kier molecular flexibility index (Phi) is 3.38. The first-order chi connectivity index (χ1) is 8.80. The standard InChI is InChI=1S/C11H11FN2O4S/c1-7-2-3-8(12)9(4-7)19(17,18)14-5-10(15)13-11(16)6-14/h2-4H,5-6H2,1H3,(H,13,15,16). The first kappa shape index (κ1) is 13.6. The van der Waals surface area contributed by atoms with Gasteiger partial charge in [-0.3, -0.25) is 14.9 Å². The van der Waals surface area contributed by atoms with Gasteiger partial charge in [-0.1, -0.05) is 6.07 Å². The lowest BCUT2D eigenvalue weighted by Gasteiger charge is -2.25. The van der Waals surface area contributed by atoms with Gasteiger partial charge in [-0.25, -0.2) is 12.8 Å². The van der Waals surface area contributed by atoms with Gasteiger partial charge in [-0.15, -0.1) is 0 Å². The number of nitrogens with one attached hydrogen (secondary N) is 1. The quantitative estimate of drug-likeness (QED) is 0.762. The van der Waals surface area contributed by atoms with Crippen molar-refractivity contribution >= 4 is 21.8 Å². The molecule has 0 aliphatic carbocycles. The summed E-state index contributed by atoms with van der Waals surface area (Å²) < 4.78 is 38.7. The second-order valence-corrected chi connectivity index (χ2v) is 6.08. The molecule has 102 valence electrons. The van der Waals surface area contributed by atoms with Crippen molar-refractivity contribution in [2.75, 3.05) is 13.1 Å². The summed E-state index contributed by atoms with van der Waals surface area (Å²) in [5.74, 6) is -2.37. The van der Waals surface area contributed by atoms with Gasteiger partial charge in [0.25, 0.3) is 0 Å². The molecule has 0 aromatic heterocycles. The summed E-state index contributed by atoms with van der Waals surface area (Å²) in [7, 11) is -4.20. The third-order valence-corrected chi connectivity index (χ3v) is 4.43. The lowest BCUT2D eigenvalue weighted by Crippen LogP contribution is -2.53. The Hall–Kier alpha value is -1.80. The van der Waals surface area contributed by atoms with Crippen LogP contribution in [-0.2, 0) is 19.6 Å². The minimum atomic E-state index is -4.20. The Balaban J connectivity index is 2.44. The fourth-order valence-corrected chi connectivity index (χ4v) is 3.23. The summed E-state index contributed by atoms with van der Waals surface area (Å²) in [5, 5.41) is 1.98. The third-order valence-electron chi connectivity index (χ3n) is 2.62. The molecule has 2 amide bonds. The van der Waals surface area contributed by atoms with E-state index in [1.165, 1.54) is 12.1 Å². The van der Waals surface area contributed by atoms with Gasteiger partial charge in [-0.2, -0.15) is 4.31 Å². The van der Waals surface area contributed by atoms with Gasteiger partial charge in [0.1, 0.15) is 10.7 Å². The van der Waals surface area contributed by atoms with Crippen LogP contribution in [0.2, 0.25) is 0 Å². The fourth-order valence-electron chi connectivity index (χ4n) is 1.73. The number of benzene rings is 1. The van der Waals surface area contributed by atoms with Crippen molar-refractivity contribution in [3.05, 3.63) is 29.6 Å². The van der Waals surface area contributed by atoms with Crippen LogP contribution in [0.3, 0.4) is 0 Å². The van der Waals surface area contributed by atoms with Gasteiger partial charge in [0.2, 0.25) is 21.8 Å². The van der Waals surface area contributed by atoms with Gasteiger partial charge >= 0.3 is 0 Å². The molecule has 1 N–H and O–H groups in total. The Morgan fingerprint density at radius 3 is 2.37 bits per heavy atom. The van der Waals surface area contributed by atoms with Gasteiger partial charge in [-0.05, 0) is 24.6 Å². The number of sulfonamides is 1. The van der Waals surface area contributed by atoms with Crippen molar-refractivity contribution in [3.8, 4) is 0 Å². The number of amides is 2. The molecule has 1 aromatic rings. The highest BCUT2D eigenvalue weighted by Gasteiger charge is 2.34. The first-order valence-corrected chi connectivity index (χ1v) is 6.83. The molecular formula is C11H11FN2O4S. The van der Waals surface area contributed by atoms with Crippen LogP contribution in [0, 0.1) is 12.7 Å². The molecule has 1 heterocycles. The van der Waals surface area contributed by atoms with E-state index in [0.29, 0.717) is 9.87 Å². The third kappa shape index (κ3) is 2.64. The van der Waals surface area contributed by atoms with Crippen LogP contribution in [0.25, 0.3) is 0 Å². The smallest absolute Gasteiger partial charge is 0.246 e. The van der Waals surface area contributed by atoms with E-state index in [1.807, 2.05) is 5.32 Å². The van der Waals surface area contributed by atoms with Crippen LogP contribution in [0.15, 0.2) is 23.1 Å². The van der Waals surface area contributed by atoms with Crippen molar-refractivity contribution in [2.45, 2.75) is 11.8 Å². The molecule has 0 unspecified atom stereocenters. The van der Waals surface area contributed by atoms with E-state index in [4.69, 9.17) is 0 Å². The van der Waals surface area contributed by atoms with E-state index in [2.05, 4.69) is 0 Å². The zero-order chi connectivity index (χ0) is 14.2. The molecule has 1 saturated heterocycles. The number of carbonyl (C=O) groups excluding carboxylic acids is 2. The van der Waals surface area contributed by atoms with Crippen molar-refractivity contribution in [1.82, 2.24) is 9.62 Å². The zero-order valence-electron chi connectivity index (χ0n) is 10.0. The number of halogens is 1. The monoisotopic (exact) mass is 286 g/mol. The van der Waals surface area contributed by atoms with E-state index >= 15 is 0 Å². The average molecular weight is 286 g/mol. The van der Waals surface area contributed by atoms with Crippen LogP contribution < -0.4 is 5.32 Å². The number of imide groups is 1. The average Bonchev–Trinajstić information content (AvgIpc) is 2.31. The number of carbonyl (C=O) groups is 2. The molecule has 2 rings (SSSR count). The molecule has 1 aliphatic heterocycles. The summed E-state index contributed by atoms with van der Waals surface area (Å²) in [6.45, 7) is 0.620. The number of hydrogen-bond acceptors (Lipinski definition) is 4. The molecule has 6 nitrogen and oxygen atoms in total. The second kappa shape index (κ2) is 4.71. The molecular weight excluding hydrogens is 275 g/mol. The molecule has 0 atom stereocenters. The first-order valence-electron chi connectivity index (χ1n) is 5.39. The van der Waals surface area contributed by atoms with E-state index in [0.717, 1.165) is 6.07 Å². The Morgan fingerprint density at radius 1 is 1.21 bits per heavy atom. The van der Waals surface area contributed by atoms with Crippen molar-refractivity contribution in [2.24, 2.45) is 0 Å². The molecule has 1 aromatic carbocycles. The number of aryl methyl sites for hydroxylation is 1. The fraction of sp³-hybridized carbons (Fsp3) is 0.273. The molecule has 8 heteroatoms. The minimum absolute atomic E-state index is 0.499. The summed E-state index contributed by atoms with van der Waals surface area (Å²) in [6.07, 6.45) is 0. The predicted octanol–water partition coefficient (Wildman–Crippen LogP) is -0.219. The summed E-state index contributed by atoms with van der Waals surface area (Å²) in [5.41, 5.74) is 0.563. The van der Waals surface area contributed by atoms with Crippen LogP contribution >= 0.6 is 0 Å². The zero-order valence-corrected chi connectivity index (χ0v) is 10.8. The molecule has 0 bridgehead atoms. The second-order valence-electron chi connectivity index (χ2n) is 4.18. The van der Waals surface area contributed by atoms with E-state index in [-0.39, 0.29) is 0 Å². The highest BCUT2D eigenvalue weighted by molar-refractivity contribution is 7.89. The summed E-state index contributed by atoms with van der Waals surface area (Å²) >= 11 is 0. The lowest BCUT2D eigenvalue weighted by molar-refractivity contribution is -0.134. The van der Waals surface area contributed by atoms with Crippen molar-refractivity contribution in [1.29, 1.82) is 0 Å². The largest absolute Gasteiger partial charge is 0.294 e. The van der Waals surface area contributed by atoms with Crippen LogP contribution in [-0.4, -0.2) is 37.6 Å². The Bertz CT molecular complexity index is 641. The van der Waals surface area contributed by atoms with E-state index < -0.39 is 45.6 Å². The maximum absolute atomic E-state index is 13.6. The van der Waals surface area contributed by atoms with Gasteiger partial charge < -0.3 is 0 Å². The molecule has 1 aliphatic rings. The maximum Gasteiger partial charge on any atom is 0.246 e. The minimum Gasteiger partial charge on any atom is -0.294 e. The highest BCUT2D eigenvalue weighted by Crippen LogP contribution is 2.21. The molecule has 0 spiro atoms. The Labute approximate surface area is 109 Å². The molecule has 0 radical (unpaired) electrons. The van der Waals surface area contributed by atoms with Crippen LogP contribution in [0.4, 0.5) is 4.39 Å². The molecule has 0 saturated carbocycles. The van der Waals surface area contributed by atoms with Gasteiger partial charge in [0, 0.05) is 0 Å². The normalized spacial score (nSPS) is 17.4. The number of rotatable bonds is 2. The lowest BCUT2D eigenvalue weighted by atomic mass is 10.2. The van der Waals surface area contributed by atoms with Gasteiger partial charge in [0.05, 0.1) is 13.1 Å². The Morgan fingerprint density at radius 2 is 1.79 bits per heavy atom. The highest BCUT2D eigenvalue weighted by atomic mass is 32.2. The topological polar surface area (TPSA) is 83.6 Å². The maximum atomic E-state index is 13.6. The SMILES string of the molecule is Cc1ccc(F)c(S(=O)(=O)N2CC(=O)NC(=O)C2)c1.